The number of ether oxygens (including phenoxy) is 2. The SMILES string of the molecule is C=CCNS(=O)(=O)c1ccc(NC(=O)/C=C/c2ccc(OC)c(OC)c2)cc1. The van der Waals surface area contributed by atoms with E-state index in [2.05, 4.69) is 16.6 Å². The van der Waals surface area contributed by atoms with Crippen molar-refractivity contribution in [3.8, 4) is 11.5 Å². The number of methoxy groups -OCH3 is 2. The van der Waals surface area contributed by atoms with Crippen LogP contribution < -0.4 is 19.5 Å². The van der Waals surface area contributed by atoms with Gasteiger partial charge in [0.1, 0.15) is 0 Å². The van der Waals surface area contributed by atoms with E-state index in [-0.39, 0.29) is 17.3 Å². The second-order valence-corrected chi connectivity index (χ2v) is 7.37. The minimum Gasteiger partial charge on any atom is -0.493 e. The first-order chi connectivity index (χ1) is 13.4. The number of carbonyl (C=O) groups excluding carboxylic acids is 1. The molecule has 0 saturated carbocycles. The highest BCUT2D eigenvalue weighted by Crippen LogP contribution is 2.28. The van der Waals surface area contributed by atoms with Crippen LogP contribution in [0.2, 0.25) is 0 Å². The van der Waals surface area contributed by atoms with Crippen LogP contribution in [0, 0.1) is 0 Å². The predicted molar refractivity (Wildman–Crippen MR) is 109 cm³/mol. The van der Waals surface area contributed by atoms with Gasteiger partial charge in [-0.15, -0.1) is 6.58 Å². The molecule has 28 heavy (non-hydrogen) atoms. The third kappa shape index (κ3) is 5.70. The van der Waals surface area contributed by atoms with E-state index in [1.165, 1.54) is 43.5 Å². The number of amides is 1. The van der Waals surface area contributed by atoms with E-state index >= 15 is 0 Å². The zero-order valence-corrected chi connectivity index (χ0v) is 16.5. The molecule has 2 N–H and O–H groups in total. The summed E-state index contributed by atoms with van der Waals surface area (Å²) >= 11 is 0. The quantitative estimate of drug-likeness (QED) is 0.497. The van der Waals surface area contributed by atoms with Crippen molar-refractivity contribution >= 4 is 27.7 Å². The summed E-state index contributed by atoms with van der Waals surface area (Å²) in [5.74, 6) is 0.809. The van der Waals surface area contributed by atoms with E-state index in [1.54, 1.807) is 31.4 Å². The number of anilines is 1. The largest absolute Gasteiger partial charge is 0.493 e. The second kappa shape index (κ2) is 9.72. The fourth-order valence-corrected chi connectivity index (χ4v) is 3.28. The molecule has 0 heterocycles. The van der Waals surface area contributed by atoms with Crippen LogP contribution in [-0.2, 0) is 14.8 Å². The van der Waals surface area contributed by atoms with Gasteiger partial charge in [0.2, 0.25) is 15.9 Å². The Morgan fingerprint density at radius 3 is 2.36 bits per heavy atom. The molecule has 2 aromatic carbocycles. The number of carbonyl (C=O) groups is 1. The van der Waals surface area contributed by atoms with Crippen LogP contribution >= 0.6 is 0 Å². The van der Waals surface area contributed by atoms with Crippen LogP contribution in [-0.4, -0.2) is 35.1 Å². The van der Waals surface area contributed by atoms with Crippen molar-refractivity contribution in [2.75, 3.05) is 26.1 Å². The maximum atomic E-state index is 12.1. The van der Waals surface area contributed by atoms with E-state index < -0.39 is 10.0 Å². The highest BCUT2D eigenvalue weighted by atomic mass is 32.2. The number of hydrogen-bond acceptors (Lipinski definition) is 5. The Morgan fingerprint density at radius 1 is 1.07 bits per heavy atom. The Balaban J connectivity index is 2.03. The Kier molecular flexibility index (Phi) is 7.36. The first kappa shape index (κ1) is 21.2. The van der Waals surface area contributed by atoms with Crippen molar-refractivity contribution in [2.45, 2.75) is 4.90 Å². The molecule has 0 bridgehead atoms. The van der Waals surface area contributed by atoms with Crippen molar-refractivity contribution in [2.24, 2.45) is 0 Å². The van der Waals surface area contributed by atoms with Gasteiger partial charge in [-0.1, -0.05) is 12.1 Å². The van der Waals surface area contributed by atoms with Gasteiger partial charge in [-0.2, -0.15) is 0 Å². The summed E-state index contributed by atoms with van der Waals surface area (Å²) in [5.41, 5.74) is 1.24. The molecular formula is C20H22N2O5S. The summed E-state index contributed by atoms with van der Waals surface area (Å²) in [6.07, 6.45) is 4.46. The highest BCUT2D eigenvalue weighted by molar-refractivity contribution is 7.89. The standard InChI is InChI=1S/C20H22N2O5S/c1-4-13-21-28(24,25)17-9-7-16(8-10-17)22-20(23)12-6-15-5-11-18(26-2)19(14-15)27-3/h4-12,14,21H,1,13H2,2-3H3,(H,22,23)/b12-6+. The molecule has 0 unspecified atom stereocenters. The first-order valence-corrected chi connectivity index (χ1v) is 9.79. The summed E-state index contributed by atoms with van der Waals surface area (Å²) in [4.78, 5) is 12.2. The van der Waals surface area contributed by atoms with Gasteiger partial charge in [0.15, 0.2) is 11.5 Å². The minimum atomic E-state index is -3.60. The fraction of sp³-hybridized carbons (Fsp3) is 0.150. The molecule has 2 aromatic rings. The van der Waals surface area contributed by atoms with Crippen LogP contribution in [0.15, 0.2) is 66.1 Å². The van der Waals surface area contributed by atoms with Crippen LogP contribution in [0.5, 0.6) is 11.5 Å². The summed E-state index contributed by atoms with van der Waals surface area (Å²) < 4.78 is 36.8. The van der Waals surface area contributed by atoms with E-state index in [4.69, 9.17) is 9.47 Å². The Morgan fingerprint density at radius 2 is 1.75 bits per heavy atom. The fourth-order valence-electron chi connectivity index (χ4n) is 2.28. The van der Waals surface area contributed by atoms with Gasteiger partial charge < -0.3 is 14.8 Å². The Hall–Kier alpha value is -3.10. The highest BCUT2D eigenvalue weighted by Gasteiger charge is 2.12. The normalized spacial score (nSPS) is 11.2. The first-order valence-electron chi connectivity index (χ1n) is 8.31. The van der Waals surface area contributed by atoms with Crippen molar-refractivity contribution in [3.63, 3.8) is 0 Å². The van der Waals surface area contributed by atoms with E-state index in [0.29, 0.717) is 17.2 Å². The molecule has 0 aliphatic heterocycles. The zero-order chi connectivity index (χ0) is 20.6. The smallest absolute Gasteiger partial charge is 0.248 e. The van der Waals surface area contributed by atoms with Crippen LogP contribution in [0.25, 0.3) is 6.08 Å². The molecule has 0 aliphatic carbocycles. The molecule has 0 saturated heterocycles. The summed E-state index contributed by atoms with van der Waals surface area (Å²) in [7, 11) is -0.511. The van der Waals surface area contributed by atoms with Crippen molar-refractivity contribution in [1.82, 2.24) is 4.72 Å². The monoisotopic (exact) mass is 402 g/mol. The molecule has 8 heteroatoms. The molecule has 0 aromatic heterocycles. The molecule has 0 aliphatic rings. The number of benzene rings is 2. The molecule has 0 fully saturated rings. The maximum Gasteiger partial charge on any atom is 0.248 e. The van der Waals surface area contributed by atoms with Crippen LogP contribution in [0.1, 0.15) is 5.56 Å². The minimum absolute atomic E-state index is 0.105. The molecule has 0 radical (unpaired) electrons. The third-order valence-electron chi connectivity index (χ3n) is 3.68. The number of rotatable bonds is 9. The number of sulfonamides is 1. The van der Waals surface area contributed by atoms with E-state index in [1.807, 2.05) is 0 Å². The molecular weight excluding hydrogens is 380 g/mol. The van der Waals surface area contributed by atoms with Gasteiger partial charge in [-0.3, -0.25) is 4.79 Å². The lowest BCUT2D eigenvalue weighted by Crippen LogP contribution is -2.23. The van der Waals surface area contributed by atoms with Gasteiger partial charge in [0, 0.05) is 18.3 Å². The van der Waals surface area contributed by atoms with Crippen molar-refractivity contribution in [1.29, 1.82) is 0 Å². The van der Waals surface area contributed by atoms with Gasteiger partial charge in [0.05, 0.1) is 19.1 Å². The van der Waals surface area contributed by atoms with Crippen molar-refractivity contribution in [3.05, 3.63) is 66.8 Å². The van der Waals surface area contributed by atoms with Gasteiger partial charge in [0.25, 0.3) is 0 Å². The van der Waals surface area contributed by atoms with Crippen molar-refractivity contribution < 1.29 is 22.7 Å². The second-order valence-electron chi connectivity index (χ2n) is 5.60. The molecule has 0 spiro atoms. The average Bonchev–Trinajstić information content (AvgIpc) is 2.71. The zero-order valence-electron chi connectivity index (χ0n) is 15.6. The van der Waals surface area contributed by atoms with Gasteiger partial charge in [-0.05, 0) is 48.0 Å². The maximum absolute atomic E-state index is 12.1. The third-order valence-corrected chi connectivity index (χ3v) is 5.12. The van der Waals surface area contributed by atoms with Crippen LogP contribution in [0.4, 0.5) is 5.69 Å². The average molecular weight is 402 g/mol. The van der Waals surface area contributed by atoms with Crippen LogP contribution in [0.3, 0.4) is 0 Å². The van der Waals surface area contributed by atoms with Gasteiger partial charge in [-0.25, -0.2) is 13.1 Å². The Labute approximate surface area is 164 Å². The molecule has 2 rings (SSSR count). The molecule has 0 atom stereocenters. The molecule has 148 valence electrons. The number of hydrogen-bond donors (Lipinski definition) is 2. The molecule has 7 nitrogen and oxygen atoms in total. The predicted octanol–water partition coefficient (Wildman–Crippen LogP) is 2.82. The van der Waals surface area contributed by atoms with E-state index in [9.17, 15) is 13.2 Å². The lowest BCUT2D eigenvalue weighted by Gasteiger charge is -2.08. The summed E-state index contributed by atoms with van der Waals surface area (Å²) in [6.45, 7) is 3.61. The van der Waals surface area contributed by atoms with E-state index in [0.717, 1.165) is 5.56 Å². The lowest BCUT2D eigenvalue weighted by molar-refractivity contribution is -0.111. The Bertz CT molecular complexity index is 967. The topological polar surface area (TPSA) is 93.7 Å². The lowest BCUT2D eigenvalue weighted by atomic mass is 10.2. The number of nitrogens with one attached hydrogen (secondary N) is 2. The summed E-state index contributed by atoms with van der Waals surface area (Å²) in [5, 5.41) is 2.67. The molecule has 1 amide bonds. The summed E-state index contributed by atoms with van der Waals surface area (Å²) in [6, 6.07) is 11.2. The van der Waals surface area contributed by atoms with Gasteiger partial charge >= 0.3 is 0 Å².